The topological polar surface area (TPSA) is 88.9 Å². The number of hydrogen-bond donors (Lipinski definition) is 2. The normalized spacial score (nSPS) is 10.6. The molecule has 33 heavy (non-hydrogen) atoms. The largest absolute Gasteiger partial charge is 0.326 e. The molecule has 0 aliphatic heterocycles. The van der Waals surface area contributed by atoms with E-state index in [1.165, 1.54) is 18.7 Å². The lowest BCUT2D eigenvalue weighted by Gasteiger charge is -2.11. The van der Waals surface area contributed by atoms with Crippen LogP contribution in [0.1, 0.15) is 6.92 Å². The number of anilines is 2. The number of para-hydroxylation sites is 1. The van der Waals surface area contributed by atoms with Gasteiger partial charge in [-0.25, -0.2) is 0 Å². The third-order valence-corrected chi connectivity index (χ3v) is 5.82. The van der Waals surface area contributed by atoms with Crippen LogP contribution in [0.15, 0.2) is 84.0 Å². The molecule has 0 saturated carbocycles. The first-order valence-electron chi connectivity index (χ1n) is 10.1. The van der Waals surface area contributed by atoms with Gasteiger partial charge in [-0.15, -0.1) is 10.2 Å². The minimum atomic E-state index is -0.238. The van der Waals surface area contributed by atoms with E-state index in [-0.39, 0.29) is 17.6 Å². The highest BCUT2D eigenvalue weighted by molar-refractivity contribution is 7.99. The van der Waals surface area contributed by atoms with Gasteiger partial charge in [0, 0.05) is 23.9 Å². The van der Waals surface area contributed by atoms with Gasteiger partial charge < -0.3 is 10.6 Å². The van der Waals surface area contributed by atoms with Gasteiger partial charge in [0.2, 0.25) is 11.8 Å². The van der Waals surface area contributed by atoms with Gasteiger partial charge in [0.1, 0.15) is 0 Å². The third kappa shape index (κ3) is 5.60. The Hall–Kier alpha value is -3.62. The van der Waals surface area contributed by atoms with Crippen LogP contribution in [0.4, 0.5) is 11.4 Å². The van der Waals surface area contributed by atoms with Crippen molar-refractivity contribution < 1.29 is 9.59 Å². The monoisotopic (exact) mass is 477 g/mol. The van der Waals surface area contributed by atoms with Crippen LogP contribution >= 0.6 is 23.4 Å². The molecule has 0 spiro atoms. The molecule has 1 aromatic heterocycles. The van der Waals surface area contributed by atoms with Crippen LogP contribution < -0.4 is 10.6 Å². The van der Waals surface area contributed by atoms with Crippen molar-refractivity contribution in [1.82, 2.24) is 14.8 Å². The van der Waals surface area contributed by atoms with Gasteiger partial charge in [-0.05, 0) is 30.3 Å². The SMILES string of the molecule is CC(=O)Nc1ccc(NC(=O)CSc2nnc(-c3ccccc3)n2-c2ccccc2)c(Cl)c1. The molecule has 0 radical (unpaired) electrons. The van der Waals surface area contributed by atoms with E-state index < -0.39 is 0 Å². The predicted octanol–water partition coefficient (Wildman–Crippen LogP) is 5.28. The minimum Gasteiger partial charge on any atom is -0.326 e. The molecule has 0 fully saturated rings. The average molecular weight is 478 g/mol. The van der Waals surface area contributed by atoms with Crippen LogP contribution in [0.3, 0.4) is 0 Å². The third-order valence-electron chi connectivity index (χ3n) is 4.58. The molecule has 0 aliphatic rings. The fraction of sp³-hybridized carbons (Fsp3) is 0.0833. The summed E-state index contributed by atoms with van der Waals surface area (Å²) < 4.78 is 1.93. The van der Waals surface area contributed by atoms with Crippen molar-refractivity contribution in [3.05, 3.63) is 83.9 Å². The number of hydrogen-bond acceptors (Lipinski definition) is 5. The molecular formula is C24H20ClN5O2S. The van der Waals surface area contributed by atoms with E-state index in [0.29, 0.717) is 27.4 Å². The molecule has 3 aromatic carbocycles. The summed E-state index contributed by atoms with van der Waals surface area (Å²) in [5, 5.41) is 15.1. The minimum absolute atomic E-state index is 0.115. The predicted molar refractivity (Wildman–Crippen MR) is 132 cm³/mol. The van der Waals surface area contributed by atoms with Crippen molar-refractivity contribution in [2.45, 2.75) is 12.1 Å². The Morgan fingerprint density at radius 2 is 1.64 bits per heavy atom. The number of carbonyl (C=O) groups is 2. The number of nitrogens with zero attached hydrogens (tertiary/aromatic N) is 3. The number of amides is 2. The Labute approximate surface area is 200 Å². The van der Waals surface area contributed by atoms with Crippen molar-refractivity contribution in [3.8, 4) is 17.1 Å². The molecule has 9 heteroatoms. The Kier molecular flexibility index (Phi) is 7.07. The van der Waals surface area contributed by atoms with Gasteiger partial charge in [-0.2, -0.15) is 0 Å². The number of halogens is 1. The van der Waals surface area contributed by atoms with Crippen LogP contribution in [0.25, 0.3) is 17.1 Å². The van der Waals surface area contributed by atoms with E-state index in [2.05, 4.69) is 20.8 Å². The quantitative estimate of drug-likeness (QED) is 0.354. The zero-order chi connectivity index (χ0) is 23.2. The van der Waals surface area contributed by atoms with Gasteiger partial charge in [0.25, 0.3) is 0 Å². The van der Waals surface area contributed by atoms with Crippen molar-refractivity contribution in [1.29, 1.82) is 0 Å². The summed E-state index contributed by atoms with van der Waals surface area (Å²) in [5.41, 5.74) is 2.85. The number of nitrogens with one attached hydrogen (secondary N) is 2. The molecule has 4 aromatic rings. The Balaban J connectivity index is 1.51. The van der Waals surface area contributed by atoms with E-state index in [4.69, 9.17) is 11.6 Å². The summed E-state index contributed by atoms with van der Waals surface area (Å²) >= 11 is 7.53. The lowest BCUT2D eigenvalue weighted by Crippen LogP contribution is -2.15. The lowest BCUT2D eigenvalue weighted by atomic mass is 10.2. The maximum absolute atomic E-state index is 12.6. The van der Waals surface area contributed by atoms with Crippen LogP contribution in [0.2, 0.25) is 5.02 Å². The lowest BCUT2D eigenvalue weighted by molar-refractivity contribution is -0.114. The van der Waals surface area contributed by atoms with Crippen molar-refractivity contribution in [2.24, 2.45) is 0 Å². The van der Waals surface area contributed by atoms with Gasteiger partial charge in [0.05, 0.1) is 16.5 Å². The van der Waals surface area contributed by atoms with Crippen LogP contribution in [-0.2, 0) is 9.59 Å². The molecule has 2 amide bonds. The standard InChI is InChI=1S/C24H20ClN5O2S/c1-16(31)26-18-12-13-21(20(25)14-18)27-22(32)15-33-24-29-28-23(17-8-4-2-5-9-17)30(24)19-10-6-3-7-11-19/h2-14H,15H2,1H3,(H,26,31)(H,27,32). The highest BCUT2D eigenvalue weighted by Gasteiger charge is 2.17. The fourth-order valence-corrected chi connectivity index (χ4v) is 4.14. The molecule has 1 heterocycles. The van der Waals surface area contributed by atoms with E-state index in [1.54, 1.807) is 18.2 Å². The van der Waals surface area contributed by atoms with Crippen LogP contribution in [-0.4, -0.2) is 32.3 Å². The van der Waals surface area contributed by atoms with Crippen molar-refractivity contribution in [3.63, 3.8) is 0 Å². The van der Waals surface area contributed by atoms with Crippen LogP contribution in [0, 0.1) is 0 Å². The zero-order valence-electron chi connectivity index (χ0n) is 17.7. The maximum atomic E-state index is 12.6. The molecule has 0 atom stereocenters. The second-order valence-corrected chi connectivity index (χ2v) is 8.41. The summed E-state index contributed by atoms with van der Waals surface area (Å²) in [6, 6.07) is 24.4. The molecule has 0 aliphatic carbocycles. The summed E-state index contributed by atoms with van der Waals surface area (Å²) in [6.45, 7) is 1.41. The Bertz CT molecular complexity index is 1280. The molecule has 0 bridgehead atoms. The Morgan fingerprint density at radius 1 is 0.939 bits per heavy atom. The number of carbonyl (C=O) groups excluding carboxylic acids is 2. The summed E-state index contributed by atoms with van der Waals surface area (Å²) in [7, 11) is 0. The summed E-state index contributed by atoms with van der Waals surface area (Å²) in [5.74, 6) is 0.375. The molecule has 0 saturated heterocycles. The Morgan fingerprint density at radius 3 is 2.30 bits per heavy atom. The smallest absolute Gasteiger partial charge is 0.234 e. The number of rotatable bonds is 7. The van der Waals surface area contributed by atoms with Gasteiger partial charge in [-0.1, -0.05) is 71.9 Å². The molecule has 0 unspecified atom stereocenters. The molecule has 7 nitrogen and oxygen atoms in total. The van der Waals surface area contributed by atoms with Gasteiger partial charge >= 0.3 is 0 Å². The molecule has 4 rings (SSSR count). The van der Waals surface area contributed by atoms with E-state index in [1.807, 2.05) is 65.2 Å². The van der Waals surface area contributed by atoms with Crippen LogP contribution in [0.5, 0.6) is 0 Å². The number of thioether (sulfide) groups is 1. The summed E-state index contributed by atoms with van der Waals surface area (Å²) in [6.07, 6.45) is 0. The van der Waals surface area contributed by atoms with E-state index in [0.717, 1.165) is 11.3 Å². The molecule has 166 valence electrons. The van der Waals surface area contributed by atoms with E-state index >= 15 is 0 Å². The fourth-order valence-electron chi connectivity index (χ4n) is 3.16. The number of aromatic nitrogens is 3. The highest BCUT2D eigenvalue weighted by atomic mass is 35.5. The van der Waals surface area contributed by atoms with Crippen molar-refractivity contribution >= 4 is 46.6 Å². The molecule has 2 N–H and O–H groups in total. The summed E-state index contributed by atoms with van der Waals surface area (Å²) in [4.78, 5) is 23.8. The number of benzene rings is 3. The maximum Gasteiger partial charge on any atom is 0.234 e. The van der Waals surface area contributed by atoms with Gasteiger partial charge in [-0.3, -0.25) is 14.2 Å². The average Bonchev–Trinajstić information content (AvgIpc) is 3.24. The second kappa shape index (κ2) is 10.3. The van der Waals surface area contributed by atoms with E-state index in [9.17, 15) is 9.59 Å². The highest BCUT2D eigenvalue weighted by Crippen LogP contribution is 2.29. The molecular weight excluding hydrogens is 458 g/mol. The zero-order valence-corrected chi connectivity index (χ0v) is 19.2. The van der Waals surface area contributed by atoms with Crippen molar-refractivity contribution in [2.75, 3.05) is 16.4 Å². The second-order valence-electron chi connectivity index (χ2n) is 7.06. The first-order chi connectivity index (χ1) is 16.0. The first-order valence-corrected chi connectivity index (χ1v) is 11.4. The van der Waals surface area contributed by atoms with Gasteiger partial charge in [0.15, 0.2) is 11.0 Å². The first kappa shape index (κ1) is 22.6.